The van der Waals surface area contributed by atoms with Gasteiger partial charge in [0.05, 0.1) is 11.4 Å². The van der Waals surface area contributed by atoms with Crippen LogP contribution in [-0.2, 0) is 14.8 Å². The number of benzene rings is 1. The van der Waals surface area contributed by atoms with E-state index in [1.807, 2.05) is 20.8 Å². The molecule has 0 saturated carbocycles. The van der Waals surface area contributed by atoms with Crippen molar-refractivity contribution in [3.05, 3.63) is 29.8 Å². The smallest absolute Gasteiger partial charge is 0.254 e. The molecular weight excluding hydrogens is 342 g/mol. The summed E-state index contributed by atoms with van der Waals surface area (Å²) in [5.41, 5.74) is 0.322. The first-order chi connectivity index (χ1) is 11.6. The van der Waals surface area contributed by atoms with Gasteiger partial charge in [-0.25, -0.2) is 13.1 Å². The van der Waals surface area contributed by atoms with Crippen LogP contribution in [0.2, 0.25) is 0 Å². The molecule has 1 rings (SSSR count). The van der Waals surface area contributed by atoms with E-state index in [9.17, 15) is 18.0 Å². The summed E-state index contributed by atoms with van der Waals surface area (Å²) in [7, 11) is -2.08. The van der Waals surface area contributed by atoms with Gasteiger partial charge in [-0.3, -0.25) is 9.59 Å². The Morgan fingerprint density at radius 1 is 1.12 bits per heavy atom. The van der Waals surface area contributed by atoms with E-state index < -0.39 is 10.0 Å². The lowest BCUT2D eigenvalue weighted by Crippen LogP contribution is -2.40. The van der Waals surface area contributed by atoms with Gasteiger partial charge in [-0.15, -0.1) is 0 Å². The van der Waals surface area contributed by atoms with Crippen LogP contribution in [0.5, 0.6) is 0 Å². The monoisotopic (exact) mass is 369 g/mol. The van der Waals surface area contributed by atoms with Crippen molar-refractivity contribution in [1.82, 2.24) is 14.9 Å². The van der Waals surface area contributed by atoms with E-state index in [0.29, 0.717) is 12.0 Å². The molecule has 1 aromatic rings. The average molecular weight is 369 g/mol. The van der Waals surface area contributed by atoms with Crippen molar-refractivity contribution in [2.45, 2.75) is 51.1 Å². The summed E-state index contributed by atoms with van der Waals surface area (Å²) in [6, 6.07) is 5.50. The Labute approximate surface area is 149 Å². The van der Waals surface area contributed by atoms with E-state index in [-0.39, 0.29) is 35.3 Å². The van der Waals surface area contributed by atoms with Crippen molar-refractivity contribution in [2.24, 2.45) is 0 Å². The van der Waals surface area contributed by atoms with Gasteiger partial charge >= 0.3 is 0 Å². The normalized spacial score (nSPS) is 12.7. The number of rotatable bonds is 8. The van der Waals surface area contributed by atoms with Crippen molar-refractivity contribution in [1.29, 1.82) is 0 Å². The molecule has 0 fully saturated rings. The zero-order valence-corrected chi connectivity index (χ0v) is 16.2. The molecule has 2 amide bonds. The lowest BCUT2D eigenvalue weighted by atomic mass is 10.2. The second kappa shape index (κ2) is 8.96. The number of hydrogen-bond donors (Lipinski definition) is 2. The lowest BCUT2D eigenvalue weighted by Gasteiger charge is -2.18. The number of carbonyl (C=O) groups excluding carboxylic acids is 2. The molecule has 0 aliphatic rings. The summed E-state index contributed by atoms with van der Waals surface area (Å²) in [5.74, 6) is -0.597. The Hall–Kier alpha value is -1.93. The third kappa shape index (κ3) is 6.47. The van der Waals surface area contributed by atoms with Gasteiger partial charge in [-0.05, 0) is 51.5 Å². The molecule has 25 heavy (non-hydrogen) atoms. The zero-order chi connectivity index (χ0) is 19.2. The molecule has 0 radical (unpaired) electrons. The van der Waals surface area contributed by atoms with E-state index in [4.69, 9.17) is 0 Å². The van der Waals surface area contributed by atoms with Crippen LogP contribution in [0.4, 0.5) is 0 Å². The highest BCUT2D eigenvalue weighted by atomic mass is 32.2. The predicted octanol–water partition coefficient (Wildman–Crippen LogP) is 1.36. The van der Waals surface area contributed by atoms with E-state index in [1.165, 1.54) is 36.2 Å². The maximum absolute atomic E-state index is 12.3. The standard InChI is InChI=1S/C17H27N3O4S/c1-6-13(4)19-25(23,24)15-9-7-14(8-10-15)17(22)20(5)11-16(21)18-12(2)3/h7-10,12-13,19H,6,11H2,1-5H3,(H,18,21)/t13-/m0/s1. The van der Waals surface area contributed by atoms with E-state index in [1.54, 1.807) is 6.92 Å². The molecular formula is C17H27N3O4S. The van der Waals surface area contributed by atoms with Crippen molar-refractivity contribution in [3.8, 4) is 0 Å². The molecule has 0 aromatic heterocycles. The van der Waals surface area contributed by atoms with E-state index in [2.05, 4.69) is 10.0 Å². The van der Waals surface area contributed by atoms with E-state index in [0.717, 1.165) is 0 Å². The molecule has 0 unspecified atom stereocenters. The number of likely N-dealkylation sites (N-methyl/N-ethyl adjacent to an activating group) is 1. The van der Waals surface area contributed by atoms with Crippen LogP contribution in [0, 0.1) is 0 Å². The summed E-state index contributed by atoms with van der Waals surface area (Å²) < 4.78 is 27.0. The first kappa shape index (κ1) is 21.1. The van der Waals surface area contributed by atoms with Gasteiger partial charge in [0.1, 0.15) is 0 Å². The number of sulfonamides is 1. The topological polar surface area (TPSA) is 95.6 Å². The first-order valence-electron chi connectivity index (χ1n) is 8.24. The largest absolute Gasteiger partial charge is 0.352 e. The van der Waals surface area contributed by atoms with Gasteiger partial charge in [-0.1, -0.05) is 6.92 Å². The molecule has 0 heterocycles. The molecule has 8 heteroatoms. The predicted molar refractivity (Wildman–Crippen MR) is 96.8 cm³/mol. The maximum Gasteiger partial charge on any atom is 0.254 e. The third-order valence-corrected chi connectivity index (χ3v) is 5.16. The molecule has 7 nitrogen and oxygen atoms in total. The second-order valence-electron chi connectivity index (χ2n) is 6.34. The molecule has 0 spiro atoms. The second-order valence-corrected chi connectivity index (χ2v) is 8.05. The molecule has 0 aliphatic carbocycles. The maximum atomic E-state index is 12.3. The summed E-state index contributed by atoms with van der Waals surface area (Å²) in [6.07, 6.45) is 0.680. The lowest BCUT2D eigenvalue weighted by molar-refractivity contribution is -0.122. The molecule has 2 N–H and O–H groups in total. The van der Waals surface area contributed by atoms with Gasteiger partial charge < -0.3 is 10.2 Å². The summed E-state index contributed by atoms with van der Waals surface area (Å²) >= 11 is 0. The minimum absolute atomic E-state index is 0.00138. The van der Waals surface area contributed by atoms with Gasteiger partial charge in [-0.2, -0.15) is 0 Å². The Morgan fingerprint density at radius 3 is 2.16 bits per heavy atom. The Bertz CT molecular complexity index is 699. The molecule has 0 aliphatic heterocycles. The molecule has 0 saturated heterocycles. The van der Waals surface area contributed by atoms with Crippen molar-refractivity contribution in [3.63, 3.8) is 0 Å². The quantitative estimate of drug-likeness (QED) is 0.723. The van der Waals surface area contributed by atoms with Gasteiger partial charge in [0.25, 0.3) is 5.91 Å². The molecule has 1 aromatic carbocycles. The average Bonchev–Trinajstić information content (AvgIpc) is 2.52. The summed E-state index contributed by atoms with van der Waals surface area (Å²) in [4.78, 5) is 25.4. The van der Waals surface area contributed by atoms with Gasteiger partial charge in [0.2, 0.25) is 15.9 Å². The van der Waals surface area contributed by atoms with Crippen molar-refractivity contribution >= 4 is 21.8 Å². The highest BCUT2D eigenvalue weighted by molar-refractivity contribution is 7.89. The van der Waals surface area contributed by atoms with Crippen LogP contribution in [0.3, 0.4) is 0 Å². The number of nitrogens with one attached hydrogen (secondary N) is 2. The van der Waals surface area contributed by atoms with Crippen LogP contribution >= 0.6 is 0 Å². The number of carbonyl (C=O) groups is 2. The minimum Gasteiger partial charge on any atom is -0.352 e. The van der Waals surface area contributed by atoms with Crippen molar-refractivity contribution in [2.75, 3.05) is 13.6 Å². The number of hydrogen-bond acceptors (Lipinski definition) is 4. The van der Waals surface area contributed by atoms with Crippen LogP contribution < -0.4 is 10.0 Å². The highest BCUT2D eigenvalue weighted by Gasteiger charge is 2.19. The van der Waals surface area contributed by atoms with Crippen LogP contribution in [0.1, 0.15) is 44.5 Å². The Morgan fingerprint density at radius 2 is 1.68 bits per heavy atom. The van der Waals surface area contributed by atoms with Crippen LogP contribution in [0.15, 0.2) is 29.2 Å². The van der Waals surface area contributed by atoms with Gasteiger partial charge in [0, 0.05) is 24.7 Å². The summed E-state index contributed by atoms with van der Waals surface area (Å²) in [5, 5.41) is 2.71. The fraction of sp³-hybridized carbons (Fsp3) is 0.529. The van der Waals surface area contributed by atoms with Crippen LogP contribution in [-0.4, -0.2) is 50.8 Å². The van der Waals surface area contributed by atoms with Gasteiger partial charge in [0.15, 0.2) is 0 Å². The third-order valence-electron chi connectivity index (χ3n) is 3.56. The zero-order valence-electron chi connectivity index (χ0n) is 15.4. The molecule has 140 valence electrons. The van der Waals surface area contributed by atoms with Crippen molar-refractivity contribution < 1.29 is 18.0 Å². The fourth-order valence-corrected chi connectivity index (χ4v) is 3.39. The fourth-order valence-electron chi connectivity index (χ4n) is 2.07. The Kier molecular flexibility index (Phi) is 7.57. The van der Waals surface area contributed by atoms with E-state index >= 15 is 0 Å². The minimum atomic E-state index is -3.61. The summed E-state index contributed by atoms with van der Waals surface area (Å²) in [6.45, 7) is 7.29. The molecule has 0 bridgehead atoms. The number of nitrogens with zero attached hydrogens (tertiary/aromatic N) is 1. The Balaban J connectivity index is 2.81. The number of amides is 2. The first-order valence-corrected chi connectivity index (χ1v) is 9.72. The van der Waals surface area contributed by atoms with Crippen LogP contribution in [0.25, 0.3) is 0 Å². The molecule has 1 atom stereocenters. The highest BCUT2D eigenvalue weighted by Crippen LogP contribution is 2.13. The SMILES string of the molecule is CC[C@H](C)NS(=O)(=O)c1ccc(C(=O)N(C)CC(=O)NC(C)C)cc1.